The number of hydrogen-bond acceptors (Lipinski definition) is 2. The quantitative estimate of drug-likeness (QED) is 0.814. The summed E-state index contributed by atoms with van der Waals surface area (Å²) >= 11 is 0. The van der Waals surface area contributed by atoms with Crippen LogP contribution in [0.3, 0.4) is 0 Å². The first-order valence-corrected chi connectivity index (χ1v) is 8.24. The first-order chi connectivity index (χ1) is 9.49. The van der Waals surface area contributed by atoms with Crippen LogP contribution >= 0.6 is 0 Å². The van der Waals surface area contributed by atoms with Gasteiger partial charge in [-0.05, 0) is 39.0 Å². The van der Waals surface area contributed by atoms with Crippen molar-refractivity contribution >= 4 is 6.03 Å². The van der Waals surface area contributed by atoms with E-state index in [1.54, 1.807) is 11.8 Å². The van der Waals surface area contributed by atoms with Gasteiger partial charge in [0.1, 0.15) is 0 Å². The Morgan fingerprint density at radius 3 is 2.45 bits per heavy atom. The van der Waals surface area contributed by atoms with Gasteiger partial charge in [-0.3, -0.25) is 0 Å². The second-order valence-electron chi connectivity index (χ2n) is 6.95. The molecule has 2 aliphatic carbocycles. The molecule has 0 bridgehead atoms. The van der Waals surface area contributed by atoms with Gasteiger partial charge in [-0.15, -0.1) is 0 Å². The van der Waals surface area contributed by atoms with Crippen LogP contribution in [0.15, 0.2) is 0 Å². The Hall–Kier alpha value is -0.770. The van der Waals surface area contributed by atoms with Crippen molar-refractivity contribution in [2.45, 2.75) is 77.5 Å². The Kier molecular flexibility index (Phi) is 5.30. The summed E-state index contributed by atoms with van der Waals surface area (Å²) < 4.78 is 0. The molecule has 2 amide bonds. The maximum atomic E-state index is 12.3. The van der Waals surface area contributed by atoms with Crippen molar-refractivity contribution in [3.63, 3.8) is 0 Å². The van der Waals surface area contributed by atoms with Crippen molar-refractivity contribution in [2.24, 2.45) is 11.8 Å². The Bertz CT molecular complexity index is 324. The lowest BCUT2D eigenvalue weighted by atomic mass is 9.85. The van der Waals surface area contributed by atoms with Gasteiger partial charge in [0.05, 0.1) is 6.10 Å². The SMILES string of the molecule is CC(O)CN(C(=O)NC1CC1C1CCCCC1)C(C)C. The zero-order chi connectivity index (χ0) is 14.7. The van der Waals surface area contributed by atoms with Crippen molar-refractivity contribution < 1.29 is 9.90 Å². The number of carbonyl (C=O) groups excluding carboxylic acids is 1. The summed E-state index contributed by atoms with van der Waals surface area (Å²) in [5, 5.41) is 12.7. The van der Waals surface area contributed by atoms with Crippen LogP contribution in [0, 0.1) is 11.8 Å². The average molecular weight is 282 g/mol. The molecule has 0 aromatic heterocycles. The molecule has 2 rings (SSSR count). The molecule has 2 fully saturated rings. The van der Waals surface area contributed by atoms with Crippen LogP contribution in [0.25, 0.3) is 0 Å². The molecule has 2 aliphatic rings. The highest BCUT2D eigenvalue weighted by molar-refractivity contribution is 5.75. The lowest BCUT2D eigenvalue weighted by Gasteiger charge is -2.28. The predicted octanol–water partition coefficient (Wildman–Crippen LogP) is 2.76. The molecule has 2 N–H and O–H groups in total. The van der Waals surface area contributed by atoms with E-state index < -0.39 is 6.10 Å². The lowest BCUT2D eigenvalue weighted by molar-refractivity contribution is 0.118. The first-order valence-electron chi connectivity index (χ1n) is 8.24. The Labute approximate surface area is 122 Å². The Balaban J connectivity index is 1.79. The van der Waals surface area contributed by atoms with Gasteiger partial charge in [-0.1, -0.05) is 32.1 Å². The molecule has 20 heavy (non-hydrogen) atoms. The fraction of sp³-hybridized carbons (Fsp3) is 0.938. The minimum Gasteiger partial charge on any atom is -0.392 e. The molecule has 0 saturated heterocycles. The number of aliphatic hydroxyl groups is 1. The number of nitrogens with one attached hydrogen (secondary N) is 1. The zero-order valence-corrected chi connectivity index (χ0v) is 13.1. The average Bonchev–Trinajstić information content (AvgIpc) is 3.15. The summed E-state index contributed by atoms with van der Waals surface area (Å²) in [5.74, 6) is 1.54. The first kappa shape index (κ1) is 15.6. The van der Waals surface area contributed by atoms with Crippen molar-refractivity contribution in [3.8, 4) is 0 Å². The van der Waals surface area contributed by atoms with Gasteiger partial charge < -0.3 is 15.3 Å². The van der Waals surface area contributed by atoms with E-state index in [0.29, 0.717) is 18.5 Å². The number of rotatable bonds is 5. The summed E-state index contributed by atoms with van der Waals surface area (Å²) in [5.41, 5.74) is 0. The number of carbonyl (C=O) groups is 1. The topological polar surface area (TPSA) is 52.6 Å². The van der Waals surface area contributed by atoms with Crippen LogP contribution in [-0.2, 0) is 0 Å². The van der Waals surface area contributed by atoms with Crippen molar-refractivity contribution in [1.29, 1.82) is 0 Å². The minimum absolute atomic E-state index is 0.00999. The maximum absolute atomic E-state index is 12.3. The van der Waals surface area contributed by atoms with Gasteiger partial charge in [0.15, 0.2) is 0 Å². The standard InChI is InChI=1S/C16H30N2O2/c1-11(2)18(10-12(3)19)16(20)17-15-9-14(15)13-7-5-4-6-8-13/h11-15,19H,4-10H2,1-3H3,(H,17,20). The van der Waals surface area contributed by atoms with E-state index in [-0.39, 0.29) is 12.1 Å². The minimum atomic E-state index is -0.475. The van der Waals surface area contributed by atoms with Gasteiger partial charge in [-0.25, -0.2) is 4.79 Å². The predicted molar refractivity (Wildman–Crippen MR) is 80.5 cm³/mol. The number of amides is 2. The molecule has 4 nitrogen and oxygen atoms in total. The summed E-state index contributed by atoms with van der Waals surface area (Å²) in [4.78, 5) is 14.0. The van der Waals surface area contributed by atoms with E-state index in [9.17, 15) is 9.90 Å². The van der Waals surface area contributed by atoms with Crippen LogP contribution in [0.5, 0.6) is 0 Å². The van der Waals surface area contributed by atoms with Gasteiger partial charge in [-0.2, -0.15) is 0 Å². The highest BCUT2D eigenvalue weighted by Crippen LogP contribution is 2.44. The summed E-state index contributed by atoms with van der Waals surface area (Å²) in [6, 6.07) is 0.488. The fourth-order valence-corrected chi connectivity index (χ4v) is 3.52. The largest absolute Gasteiger partial charge is 0.392 e. The van der Waals surface area contributed by atoms with Crippen LogP contribution in [0.1, 0.15) is 59.3 Å². The van der Waals surface area contributed by atoms with Crippen molar-refractivity contribution in [1.82, 2.24) is 10.2 Å². The molecular weight excluding hydrogens is 252 g/mol. The molecule has 0 aliphatic heterocycles. The smallest absolute Gasteiger partial charge is 0.317 e. The fourth-order valence-electron chi connectivity index (χ4n) is 3.52. The highest BCUT2D eigenvalue weighted by atomic mass is 16.3. The number of hydrogen-bond donors (Lipinski definition) is 2. The summed E-state index contributed by atoms with van der Waals surface area (Å²) in [7, 11) is 0. The van der Waals surface area contributed by atoms with Gasteiger partial charge in [0.25, 0.3) is 0 Å². The van der Waals surface area contributed by atoms with E-state index >= 15 is 0 Å². The number of urea groups is 1. The molecule has 0 radical (unpaired) electrons. The zero-order valence-electron chi connectivity index (χ0n) is 13.1. The van der Waals surface area contributed by atoms with Crippen molar-refractivity contribution in [2.75, 3.05) is 6.54 Å². The van der Waals surface area contributed by atoms with E-state index in [4.69, 9.17) is 0 Å². The second-order valence-corrected chi connectivity index (χ2v) is 6.95. The van der Waals surface area contributed by atoms with Crippen LogP contribution in [-0.4, -0.2) is 40.8 Å². The molecule has 3 unspecified atom stereocenters. The van der Waals surface area contributed by atoms with Crippen molar-refractivity contribution in [3.05, 3.63) is 0 Å². The highest BCUT2D eigenvalue weighted by Gasteiger charge is 2.44. The molecule has 3 atom stereocenters. The Morgan fingerprint density at radius 2 is 1.90 bits per heavy atom. The molecule has 0 aromatic rings. The third kappa shape index (κ3) is 4.11. The number of aliphatic hydroxyl groups excluding tert-OH is 1. The summed E-state index contributed by atoms with van der Waals surface area (Å²) in [6.07, 6.45) is 7.48. The van der Waals surface area contributed by atoms with Gasteiger partial charge in [0.2, 0.25) is 0 Å². The van der Waals surface area contributed by atoms with Crippen LogP contribution < -0.4 is 5.32 Å². The third-order valence-corrected chi connectivity index (χ3v) is 4.75. The maximum Gasteiger partial charge on any atom is 0.317 e. The second kappa shape index (κ2) is 6.79. The molecule has 0 aromatic carbocycles. The molecular formula is C16H30N2O2. The van der Waals surface area contributed by atoms with E-state index in [2.05, 4.69) is 5.32 Å². The van der Waals surface area contributed by atoms with E-state index in [0.717, 1.165) is 12.3 Å². The lowest BCUT2D eigenvalue weighted by Crippen LogP contribution is -2.48. The molecule has 0 spiro atoms. The van der Waals surface area contributed by atoms with E-state index in [1.807, 2.05) is 13.8 Å². The molecule has 2 saturated carbocycles. The van der Waals surface area contributed by atoms with Gasteiger partial charge >= 0.3 is 6.03 Å². The van der Waals surface area contributed by atoms with E-state index in [1.165, 1.54) is 32.1 Å². The monoisotopic (exact) mass is 282 g/mol. The molecule has 116 valence electrons. The molecule has 4 heteroatoms. The summed E-state index contributed by atoms with van der Waals surface area (Å²) in [6.45, 7) is 6.12. The van der Waals surface area contributed by atoms with Crippen LogP contribution in [0.2, 0.25) is 0 Å². The van der Waals surface area contributed by atoms with Gasteiger partial charge in [0, 0.05) is 18.6 Å². The third-order valence-electron chi connectivity index (χ3n) is 4.75. The number of nitrogens with zero attached hydrogens (tertiary/aromatic N) is 1. The molecule has 0 heterocycles. The normalized spacial score (nSPS) is 28.2. The van der Waals surface area contributed by atoms with Crippen LogP contribution in [0.4, 0.5) is 4.79 Å². The Morgan fingerprint density at radius 1 is 1.25 bits per heavy atom.